The third kappa shape index (κ3) is 3.03. The summed E-state index contributed by atoms with van der Waals surface area (Å²) in [4.78, 5) is 1.38. The maximum atomic E-state index is 6.30. The van der Waals surface area contributed by atoms with Crippen molar-refractivity contribution in [2.75, 3.05) is 6.54 Å². The molecule has 0 aliphatic heterocycles. The Hall–Kier alpha value is -0.830. The van der Waals surface area contributed by atoms with Crippen LogP contribution in [0.1, 0.15) is 53.3 Å². The Morgan fingerprint density at radius 3 is 2.90 bits per heavy atom. The van der Waals surface area contributed by atoms with Gasteiger partial charge >= 0.3 is 0 Å². The monoisotopic (exact) mass is 319 g/mol. The molecule has 112 valence electrons. The van der Waals surface area contributed by atoms with E-state index < -0.39 is 0 Å². The SMILES string of the molecule is CCNC(c1cc(C)c(Cl)s1)C1CCCc2ccccc21. The number of thiophene rings is 1. The fourth-order valence-electron chi connectivity index (χ4n) is 3.44. The molecule has 3 rings (SSSR count). The molecule has 0 saturated carbocycles. The zero-order valence-corrected chi connectivity index (χ0v) is 14.2. The number of hydrogen-bond donors (Lipinski definition) is 1. The van der Waals surface area contributed by atoms with Gasteiger partial charge < -0.3 is 5.32 Å². The molecule has 1 heterocycles. The molecule has 0 bridgehead atoms. The van der Waals surface area contributed by atoms with Gasteiger partial charge in [0.15, 0.2) is 0 Å². The van der Waals surface area contributed by atoms with Crippen LogP contribution in [0.15, 0.2) is 30.3 Å². The van der Waals surface area contributed by atoms with Crippen LogP contribution in [0, 0.1) is 6.92 Å². The van der Waals surface area contributed by atoms with Gasteiger partial charge in [-0.1, -0.05) is 42.8 Å². The lowest BCUT2D eigenvalue weighted by Gasteiger charge is -2.32. The van der Waals surface area contributed by atoms with Crippen molar-refractivity contribution in [3.63, 3.8) is 0 Å². The lowest BCUT2D eigenvalue weighted by molar-refractivity contribution is 0.413. The molecule has 2 atom stereocenters. The summed E-state index contributed by atoms with van der Waals surface area (Å²) in [6, 6.07) is 11.6. The number of likely N-dealkylation sites (N-methyl/N-ethyl adjacent to an activating group) is 1. The van der Waals surface area contributed by atoms with Gasteiger partial charge in [0.05, 0.1) is 4.34 Å². The van der Waals surface area contributed by atoms with Gasteiger partial charge in [-0.2, -0.15) is 0 Å². The Morgan fingerprint density at radius 1 is 1.38 bits per heavy atom. The zero-order chi connectivity index (χ0) is 14.8. The first-order valence-corrected chi connectivity index (χ1v) is 8.97. The fourth-order valence-corrected chi connectivity index (χ4v) is 4.79. The summed E-state index contributed by atoms with van der Waals surface area (Å²) >= 11 is 8.04. The minimum Gasteiger partial charge on any atom is -0.309 e. The molecule has 1 aromatic carbocycles. The molecule has 2 unspecified atom stereocenters. The molecule has 0 amide bonds. The van der Waals surface area contributed by atoms with Crippen molar-refractivity contribution in [2.24, 2.45) is 0 Å². The van der Waals surface area contributed by atoms with Gasteiger partial charge in [-0.15, -0.1) is 11.3 Å². The van der Waals surface area contributed by atoms with Crippen LogP contribution in [-0.4, -0.2) is 6.54 Å². The Balaban J connectivity index is 1.98. The van der Waals surface area contributed by atoms with Crippen molar-refractivity contribution < 1.29 is 0 Å². The van der Waals surface area contributed by atoms with Crippen LogP contribution in [0.2, 0.25) is 4.34 Å². The average Bonchev–Trinajstić information content (AvgIpc) is 2.84. The van der Waals surface area contributed by atoms with Crippen LogP contribution in [0.4, 0.5) is 0 Å². The van der Waals surface area contributed by atoms with Gasteiger partial charge in [0.2, 0.25) is 0 Å². The molecule has 1 aliphatic carbocycles. The van der Waals surface area contributed by atoms with Crippen LogP contribution < -0.4 is 5.32 Å². The van der Waals surface area contributed by atoms with Gasteiger partial charge in [-0.3, -0.25) is 0 Å². The van der Waals surface area contributed by atoms with Gasteiger partial charge in [-0.05, 0) is 55.5 Å². The number of rotatable bonds is 4. The summed E-state index contributed by atoms with van der Waals surface area (Å²) in [5.74, 6) is 0.559. The molecule has 0 saturated heterocycles. The minimum atomic E-state index is 0.382. The summed E-state index contributed by atoms with van der Waals surface area (Å²) < 4.78 is 0.928. The van der Waals surface area contributed by atoms with Crippen molar-refractivity contribution >= 4 is 22.9 Å². The second-order valence-electron chi connectivity index (χ2n) is 5.84. The largest absolute Gasteiger partial charge is 0.309 e. The third-order valence-corrected chi connectivity index (χ3v) is 6.06. The summed E-state index contributed by atoms with van der Waals surface area (Å²) in [7, 11) is 0. The van der Waals surface area contributed by atoms with E-state index in [0.29, 0.717) is 12.0 Å². The maximum absolute atomic E-state index is 6.30. The summed E-state index contributed by atoms with van der Waals surface area (Å²) in [5.41, 5.74) is 4.25. The highest BCUT2D eigenvalue weighted by Crippen LogP contribution is 2.43. The lowest BCUT2D eigenvalue weighted by Crippen LogP contribution is -2.28. The molecule has 21 heavy (non-hydrogen) atoms. The topological polar surface area (TPSA) is 12.0 Å². The van der Waals surface area contributed by atoms with E-state index in [1.54, 1.807) is 11.3 Å². The molecule has 3 heteroatoms. The second-order valence-corrected chi connectivity index (χ2v) is 7.52. The summed E-state index contributed by atoms with van der Waals surface area (Å²) in [6.07, 6.45) is 3.75. The fraction of sp³-hybridized carbons (Fsp3) is 0.444. The van der Waals surface area contributed by atoms with E-state index in [-0.39, 0.29) is 0 Å². The van der Waals surface area contributed by atoms with E-state index >= 15 is 0 Å². The highest BCUT2D eigenvalue weighted by atomic mass is 35.5. The van der Waals surface area contributed by atoms with Crippen molar-refractivity contribution in [1.82, 2.24) is 5.32 Å². The smallest absolute Gasteiger partial charge is 0.0960 e. The Kier molecular flexibility index (Phi) is 4.68. The number of benzene rings is 1. The molecule has 0 fully saturated rings. The van der Waals surface area contributed by atoms with Gasteiger partial charge in [0, 0.05) is 16.8 Å². The molecule has 1 nitrogen and oxygen atoms in total. The quantitative estimate of drug-likeness (QED) is 0.786. The molecule has 2 aromatic rings. The third-order valence-electron chi connectivity index (χ3n) is 4.42. The number of aryl methyl sites for hydroxylation is 2. The highest BCUT2D eigenvalue weighted by Gasteiger charge is 2.29. The number of nitrogens with one attached hydrogen (secondary N) is 1. The maximum Gasteiger partial charge on any atom is 0.0960 e. The number of hydrogen-bond acceptors (Lipinski definition) is 2. The Bertz CT molecular complexity index is 600. The first-order valence-electron chi connectivity index (χ1n) is 7.77. The lowest BCUT2D eigenvalue weighted by atomic mass is 9.78. The molecule has 0 spiro atoms. The van der Waals surface area contributed by atoms with Crippen molar-refractivity contribution in [3.05, 3.63) is 56.2 Å². The molecular weight excluding hydrogens is 298 g/mol. The normalized spacial score (nSPS) is 19.3. The second kappa shape index (κ2) is 6.51. The first-order chi connectivity index (χ1) is 10.2. The standard InChI is InChI=1S/C18H22ClNS/c1-3-20-17(16-11-12(2)18(19)21-16)15-10-6-8-13-7-4-5-9-14(13)15/h4-5,7,9,11,15,17,20H,3,6,8,10H2,1-2H3. The van der Waals surface area contributed by atoms with Crippen LogP contribution in [0.3, 0.4) is 0 Å². The molecule has 1 N–H and O–H groups in total. The van der Waals surface area contributed by atoms with Gasteiger partial charge in [0.25, 0.3) is 0 Å². The van der Waals surface area contributed by atoms with E-state index in [0.717, 1.165) is 10.9 Å². The Morgan fingerprint density at radius 2 is 2.19 bits per heavy atom. The van der Waals surface area contributed by atoms with Gasteiger partial charge in [-0.25, -0.2) is 0 Å². The van der Waals surface area contributed by atoms with Gasteiger partial charge in [0.1, 0.15) is 0 Å². The van der Waals surface area contributed by atoms with E-state index in [2.05, 4.69) is 49.5 Å². The van der Waals surface area contributed by atoms with Crippen LogP contribution in [0.25, 0.3) is 0 Å². The average molecular weight is 320 g/mol. The number of fused-ring (bicyclic) bond motifs is 1. The van der Waals surface area contributed by atoms with Crippen LogP contribution >= 0.6 is 22.9 Å². The Labute approximate surface area is 136 Å². The molecule has 0 radical (unpaired) electrons. The van der Waals surface area contributed by atoms with Crippen molar-refractivity contribution in [2.45, 2.75) is 45.1 Å². The van der Waals surface area contributed by atoms with Crippen molar-refractivity contribution in [1.29, 1.82) is 0 Å². The summed E-state index contributed by atoms with van der Waals surface area (Å²) in [5, 5.41) is 3.70. The van der Waals surface area contributed by atoms with Crippen molar-refractivity contribution in [3.8, 4) is 0 Å². The highest BCUT2D eigenvalue weighted by molar-refractivity contribution is 7.16. The predicted molar refractivity (Wildman–Crippen MR) is 92.6 cm³/mol. The summed E-state index contributed by atoms with van der Waals surface area (Å²) in [6.45, 7) is 5.27. The van der Waals surface area contributed by atoms with E-state index in [4.69, 9.17) is 11.6 Å². The molecule has 1 aromatic heterocycles. The van der Waals surface area contributed by atoms with Crippen LogP contribution in [0.5, 0.6) is 0 Å². The van der Waals surface area contributed by atoms with E-state index in [1.807, 2.05) is 0 Å². The minimum absolute atomic E-state index is 0.382. The van der Waals surface area contributed by atoms with Crippen LogP contribution in [-0.2, 0) is 6.42 Å². The predicted octanol–water partition coefficient (Wildman–Crippen LogP) is 5.48. The van der Waals surface area contributed by atoms with E-state index in [9.17, 15) is 0 Å². The van der Waals surface area contributed by atoms with E-state index in [1.165, 1.54) is 40.8 Å². The number of halogens is 1. The first kappa shape index (κ1) is 15.1. The molecular formula is C18H22ClNS. The molecule has 1 aliphatic rings. The zero-order valence-electron chi connectivity index (χ0n) is 12.7.